The van der Waals surface area contributed by atoms with Crippen LogP contribution in [0.4, 0.5) is 0 Å². The summed E-state index contributed by atoms with van der Waals surface area (Å²) in [5, 5.41) is 3.24. The second-order valence-corrected chi connectivity index (χ2v) is 8.96. The Morgan fingerprint density at radius 1 is 1.15 bits per heavy atom. The van der Waals surface area contributed by atoms with Crippen molar-refractivity contribution in [2.45, 2.75) is 38.4 Å². The molecule has 0 aromatic heterocycles. The minimum atomic E-state index is -3.34. The lowest BCUT2D eigenvalue weighted by Crippen LogP contribution is -2.59. The van der Waals surface area contributed by atoms with E-state index in [1.54, 1.807) is 12.0 Å². The molecule has 0 atom stereocenters. The van der Waals surface area contributed by atoms with Gasteiger partial charge in [-0.2, -0.15) is 4.31 Å². The fourth-order valence-electron chi connectivity index (χ4n) is 3.31. The van der Waals surface area contributed by atoms with Gasteiger partial charge in [0.15, 0.2) is 0 Å². The van der Waals surface area contributed by atoms with E-state index < -0.39 is 15.6 Å². The number of ether oxygens (including phenoxy) is 2. The Morgan fingerprint density at radius 2 is 1.73 bits per heavy atom. The summed E-state index contributed by atoms with van der Waals surface area (Å²) in [6, 6.07) is 0. The van der Waals surface area contributed by atoms with Crippen molar-refractivity contribution in [3.05, 3.63) is 0 Å². The Morgan fingerprint density at radius 3 is 2.23 bits per heavy atom. The van der Waals surface area contributed by atoms with Crippen LogP contribution in [-0.2, 0) is 24.3 Å². The van der Waals surface area contributed by atoms with Crippen LogP contribution in [0, 0.1) is 0 Å². The number of halogens is 1. The Bertz CT molecular complexity index is 544. The Kier molecular flexibility index (Phi) is 9.25. The molecule has 26 heavy (non-hydrogen) atoms. The van der Waals surface area contributed by atoms with Crippen molar-refractivity contribution in [2.75, 3.05) is 58.7 Å². The monoisotopic (exact) mass is 413 g/mol. The molecule has 2 heterocycles. The molecule has 2 aliphatic rings. The number of sulfonamides is 1. The number of piperazine rings is 1. The van der Waals surface area contributed by atoms with E-state index in [0.29, 0.717) is 39.0 Å². The Balaban J connectivity index is 0.00000338. The molecule has 0 radical (unpaired) electrons. The van der Waals surface area contributed by atoms with Gasteiger partial charge >= 0.3 is 0 Å². The van der Waals surface area contributed by atoms with Crippen molar-refractivity contribution in [3.8, 4) is 0 Å². The van der Waals surface area contributed by atoms with E-state index in [0.717, 1.165) is 13.1 Å². The van der Waals surface area contributed by atoms with Gasteiger partial charge in [0.05, 0.1) is 18.5 Å². The first-order valence-corrected chi connectivity index (χ1v) is 10.6. The molecule has 0 spiro atoms. The van der Waals surface area contributed by atoms with E-state index in [4.69, 9.17) is 9.47 Å². The number of piperidine rings is 1. The van der Waals surface area contributed by atoms with Crippen LogP contribution < -0.4 is 5.32 Å². The molecule has 0 aromatic rings. The molecule has 8 nitrogen and oxygen atoms in total. The van der Waals surface area contributed by atoms with Crippen LogP contribution in [0.25, 0.3) is 0 Å². The van der Waals surface area contributed by atoms with E-state index in [1.807, 2.05) is 13.8 Å². The number of carbonyl (C=O) groups is 1. The van der Waals surface area contributed by atoms with E-state index in [-0.39, 0.29) is 36.8 Å². The van der Waals surface area contributed by atoms with Gasteiger partial charge in [0.2, 0.25) is 10.0 Å². The van der Waals surface area contributed by atoms with E-state index in [2.05, 4.69) is 5.32 Å². The smallest absolute Gasteiger partial charge is 0.254 e. The maximum atomic E-state index is 12.9. The summed E-state index contributed by atoms with van der Waals surface area (Å²) in [5.41, 5.74) is -0.766. The highest BCUT2D eigenvalue weighted by Gasteiger charge is 2.43. The highest BCUT2D eigenvalue weighted by Crippen LogP contribution is 2.26. The second kappa shape index (κ2) is 10.2. The maximum absolute atomic E-state index is 12.9. The van der Waals surface area contributed by atoms with Gasteiger partial charge in [-0.05, 0) is 39.8 Å². The molecule has 1 amide bonds. The van der Waals surface area contributed by atoms with Gasteiger partial charge in [0, 0.05) is 33.3 Å². The largest absolute Gasteiger partial charge is 0.378 e. The number of amides is 1. The lowest BCUT2D eigenvalue weighted by molar-refractivity contribution is -0.159. The third-order valence-electron chi connectivity index (χ3n) is 4.90. The average molecular weight is 414 g/mol. The lowest BCUT2D eigenvalue weighted by atomic mass is 9.90. The number of rotatable bonds is 7. The SMILES string of the molecule is COC1(C(=O)N2CCN(S(=O)(=O)CCOC(C)C)CC2)CCNCC1.Cl. The normalized spacial score (nSPS) is 21.5. The number of methoxy groups -OCH3 is 1. The van der Waals surface area contributed by atoms with Crippen LogP contribution in [0.1, 0.15) is 26.7 Å². The van der Waals surface area contributed by atoms with Crippen molar-refractivity contribution in [2.24, 2.45) is 0 Å². The fraction of sp³-hybridized carbons (Fsp3) is 0.938. The minimum absolute atomic E-state index is 0. The summed E-state index contributed by atoms with van der Waals surface area (Å²) >= 11 is 0. The van der Waals surface area contributed by atoms with E-state index in [9.17, 15) is 13.2 Å². The van der Waals surface area contributed by atoms with Crippen molar-refractivity contribution in [1.82, 2.24) is 14.5 Å². The van der Waals surface area contributed by atoms with Crippen molar-refractivity contribution < 1.29 is 22.7 Å². The molecule has 154 valence electrons. The van der Waals surface area contributed by atoms with Crippen LogP contribution in [0.5, 0.6) is 0 Å². The van der Waals surface area contributed by atoms with E-state index >= 15 is 0 Å². The van der Waals surface area contributed by atoms with Crippen LogP contribution >= 0.6 is 12.4 Å². The zero-order valence-electron chi connectivity index (χ0n) is 15.9. The summed E-state index contributed by atoms with van der Waals surface area (Å²) in [6.07, 6.45) is 1.31. The predicted molar refractivity (Wildman–Crippen MR) is 102 cm³/mol. The molecular weight excluding hydrogens is 382 g/mol. The van der Waals surface area contributed by atoms with Gasteiger partial charge < -0.3 is 19.7 Å². The molecule has 0 bridgehead atoms. The van der Waals surface area contributed by atoms with Gasteiger partial charge in [-0.15, -0.1) is 12.4 Å². The van der Waals surface area contributed by atoms with Gasteiger partial charge in [-0.25, -0.2) is 8.42 Å². The highest BCUT2D eigenvalue weighted by atomic mass is 35.5. The molecule has 2 rings (SSSR count). The molecule has 2 saturated heterocycles. The minimum Gasteiger partial charge on any atom is -0.378 e. The second-order valence-electron chi connectivity index (χ2n) is 6.88. The summed E-state index contributed by atoms with van der Waals surface area (Å²) in [5.74, 6) is -0.0380. The first kappa shape index (κ1) is 23.6. The molecule has 0 unspecified atom stereocenters. The number of nitrogens with one attached hydrogen (secondary N) is 1. The third kappa shape index (κ3) is 5.77. The van der Waals surface area contributed by atoms with Gasteiger partial charge in [-0.3, -0.25) is 4.79 Å². The molecule has 0 saturated carbocycles. The molecule has 0 aliphatic carbocycles. The molecule has 1 N–H and O–H groups in total. The summed E-state index contributed by atoms with van der Waals surface area (Å²) in [6.45, 7) is 6.92. The standard InChI is InChI=1S/C16H31N3O5S.ClH/c1-14(2)24-12-13-25(21,22)19-10-8-18(9-11-19)15(20)16(23-3)4-6-17-7-5-16;/h14,17H,4-13H2,1-3H3;1H. The quantitative estimate of drug-likeness (QED) is 0.635. The number of hydrogen-bond acceptors (Lipinski definition) is 6. The molecule has 0 aromatic carbocycles. The molecule has 2 aliphatic heterocycles. The molecular formula is C16H32ClN3O5S. The van der Waals surface area contributed by atoms with Crippen molar-refractivity contribution in [1.29, 1.82) is 0 Å². The van der Waals surface area contributed by atoms with E-state index in [1.165, 1.54) is 4.31 Å². The summed E-state index contributed by atoms with van der Waals surface area (Å²) in [4.78, 5) is 14.6. The third-order valence-corrected chi connectivity index (χ3v) is 6.74. The first-order chi connectivity index (χ1) is 11.8. The van der Waals surface area contributed by atoms with Crippen LogP contribution in [0.2, 0.25) is 0 Å². The van der Waals surface area contributed by atoms with Gasteiger partial charge in [0.1, 0.15) is 5.60 Å². The van der Waals surface area contributed by atoms with Crippen molar-refractivity contribution in [3.63, 3.8) is 0 Å². The topological polar surface area (TPSA) is 88.2 Å². The predicted octanol–water partition coefficient (Wildman–Crippen LogP) is 0.0758. The first-order valence-electron chi connectivity index (χ1n) is 8.95. The number of carbonyl (C=O) groups excluding carboxylic acids is 1. The zero-order valence-corrected chi connectivity index (χ0v) is 17.5. The van der Waals surface area contributed by atoms with Crippen LogP contribution in [0.15, 0.2) is 0 Å². The summed E-state index contributed by atoms with van der Waals surface area (Å²) < 4.78 is 37.1. The van der Waals surface area contributed by atoms with Crippen LogP contribution in [0.3, 0.4) is 0 Å². The van der Waals surface area contributed by atoms with Crippen LogP contribution in [-0.4, -0.2) is 94.0 Å². The Labute approximate surface area is 163 Å². The van der Waals surface area contributed by atoms with Gasteiger partial charge in [-0.1, -0.05) is 0 Å². The fourth-order valence-corrected chi connectivity index (χ4v) is 4.60. The molecule has 10 heteroatoms. The highest BCUT2D eigenvalue weighted by molar-refractivity contribution is 7.89. The Hall–Kier alpha value is -0.450. The zero-order chi connectivity index (χ0) is 18.5. The van der Waals surface area contributed by atoms with Crippen molar-refractivity contribution >= 4 is 28.3 Å². The average Bonchev–Trinajstić information content (AvgIpc) is 2.61. The lowest BCUT2D eigenvalue weighted by Gasteiger charge is -2.41. The maximum Gasteiger partial charge on any atom is 0.254 e. The number of hydrogen-bond donors (Lipinski definition) is 1. The number of nitrogens with zero attached hydrogens (tertiary/aromatic N) is 2. The van der Waals surface area contributed by atoms with Gasteiger partial charge in [0.25, 0.3) is 5.91 Å². The molecule has 2 fully saturated rings. The summed E-state index contributed by atoms with van der Waals surface area (Å²) in [7, 11) is -1.76.